The molecule has 0 aliphatic carbocycles. The van der Waals surface area contributed by atoms with Crippen LogP contribution in [0.3, 0.4) is 0 Å². The Kier molecular flexibility index (Phi) is 11.8. The van der Waals surface area contributed by atoms with Crippen LogP contribution >= 0.6 is 22.6 Å². The zero-order chi connectivity index (χ0) is 28.0. The fourth-order valence-corrected chi connectivity index (χ4v) is 4.36. The number of hydrazone groups is 1. The highest BCUT2D eigenvalue weighted by Crippen LogP contribution is 2.34. The summed E-state index contributed by atoms with van der Waals surface area (Å²) in [5.41, 5.74) is 4.49. The highest BCUT2D eigenvalue weighted by Gasteiger charge is 2.19. The molecule has 1 atom stereocenters. The van der Waals surface area contributed by atoms with Crippen molar-refractivity contribution in [1.82, 2.24) is 10.7 Å². The molecule has 0 heterocycles. The predicted octanol–water partition coefficient (Wildman–Crippen LogP) is 4.64. The van der Waals surface area contributed by atoms with E-state index in [1.54, 1.807) is 43.3 Å². The first kappa shape index (κ1) is 29.6. The fraction of sp³-hybridized carbons (Fsp3) is 0.241. The van der Waals surface area contributed by atoms with Crippen molar-refractivity contribution in [3.63, 3.8) is 0 Å². The van der Waals surface area contributed by atoms with Crippen LogP contribution in [-0.2, 0) is 14.3 Å². The van der Waals surface area contributed by atoms with Gasteiger partial charge in [-0.3, -0.25) is 9.59 Å². The number of nitrogens with zero attached hydrogens (tertiary/aromatic N) is 1. The SMILES string of the molecule is CCOC(=O)COc1c(I)cc(/C=N\NC(=O)C[C@@H](NC(=O)c2ccccc2)c2ccccc2)cc1OCC. The molecule has 39 heavy (non-hydrogen) atoms. The molecule has 0 unspecified atom stereocenters. The van der Waals surface area contributed by atoms with E-state index in [0.29, 0.717) is 32.8 Å². The van der Waals surface area contributed by atoms with Gasteiger partial charge < -0.3 is 19.5 Å². The molecule has 204 valence electrons. The van der Waals surface area contributed by atoms with E-state index in [1.165, 1.54) is 6.21 Å². The van der Waals surface area contributed by atoms with E-state index in [4.69, 9.17) is 14.2 Å². The van der Waals surface area contributed by atoms with Gasteiger partial charge in [0.15, 0.2) is 18.1 Å². The molecule has 0 saturated carbocycles. The van der Waals surface area contributed by atoms with E-state index in [0.717, 1.165) is 5.56 Å². The minimum atomic E-state index is -0.546. The summed E-state index contributed by atoms with van der Waals surface area (Å²) < 4.78 is 16.9. The molecule has 0 aromatic heterocycles. The first-order chi connectivity index (χ1) is 18.9. The molecule has 0 radical (unpaired) electrons. The van der Waals surface area contributed by atoms with Crippen molar-refractivity contribution in [1.29, 1.82) is 0 Å². The van der Waals surface area contributed by atoms with E-state index >= 15 is 0 Å². The van der Waals surface area contributed by atoms with Crippen LogP contribution in [0.4, 0.5) is 0 Å². The first-order valence-electron chi connectivity index (χ1n) is 12.4. The standard InChI is InChI=1S/C29H30IN3O6/c1-3-37-25-16-20(15-23(30)28(25)39-19-27(35)38-4-2)18-31-33-26(34)17-24(21-11-7-5-8-12-21)32-29(36)22-13-9-6-10-14-22/h5-16,18,24H,3-4,17,19H2,1-2H3,(H,32,36)(H,33,34)/b31-18-/t24-/m1/s1. The number of halogens is 1. The minimum absolute atomic E-state index is 0.0116. The molecule has 3 rings (SSSR count). The number of hydrogen-bond acceptors (Lipinski definition) is 7. The van der Waals surface area contributed by atoms with Gasteiger partial charge in [0.1, 0.15) is 0 Å². The van der Waals surface area contributed by atoms with Crippen LogP contribution in [0.5, 0.6) is 11.5 Å². The van der Waals surface area contributed by atoms with Crippen LogP contribution in [0.2, 0.25) is 0 Å². The predicted molar refractivity (Wildman–Crippen MR) is 156 cm³/mol. The number of nitrogens with one attached hydrogen (secondary N) is 2. The Hall–Kier alpha value is -3.93. The highest BCUT2D eigenvalue weighted by molar-refractivity contribution is 14.1. The van der Waals surface area contributed by atoms with Crippen LogP contribution in [-0.4, -0.2) is 43.8 Å². The van der Waals surface area contributed by atoms with Crippen molar-refractivity contribution in [2.75, 3.05) is 19.8 Å². The molecule has 2 amide bonds. The van der Waals surface area contributed by atoms with Crippen LogP contribution in [0.15, 0.2) is 77.9 Å². The summed E-state index contributed by atoms with van der Waals surface area (Å²) in [5.74, 6) is -0.259. The molecule has 0 spiro atoms. The zero-order valence-electron chi connectivity index (χ0n) is 21.7. The average Bonchev–Trinajstić information content (AvgIpc) is 2.93. The maximum Gasteiger partial charge on any atom is 0.344 e. The van der Waals surface area contributed by atoms with Gasteiger partial charge >= 0.3 is 5.97 Å². The zero-order valence-corrected chi connectivity index (χ0v) is 23.8. The molecule has 0 saturated heterocycles. The molecule has 0 aliphatic rings. The number of carbonyl (C=O) groups excluding carboxylic acids is 3. The van der Waals surface area contributed by atoms with Crippen LogP contribution in [0, 0.1) is 3.57 Å². The second kappa shape index (κ2) is 15.5. The summed E-state index contributed by atoms with van der Waals surface area (Å²) in [6, 6.07) is 21.1. The lowest BCUT2D eigenvalue weighted by molar-refractivity contribution is -0.145. The number of esters is 1. The van der Waals surface area contributed by atoms with Gasteiger partial charge in [-0.1, -0.05) is 48.5 Å². The van der Waals surface area contributed by atoms with E-state index in [1.807, 2.05) is 43.3 Å². The third kappa shape index (κ3) is 9.40. The van der Waals surface area contributed by atoms with Crippen molar-refractivity contribution in [2.24, 2.45) is 5.10 Å². The molecule has 0 fully saturated rings. The van der Waals surface area contributed by atoms with Gasteiger partial charge in [0, 0.05) is 5.56 Å². The number of rotatable bonds is 13. The van der Waals surface area contributed by atoms with E-state index in [-0.39, 0.29) is 31.4 Å². The van der Waals surface area contributed by atoms with Crippen LogP contribution in [0.25, 0.3) is 0 Å². The number of amides is 2. The molecule has 3 aromatic carbocycles. The smallest absolute Gasteiger partial charge is 0.344 e. The number of benzene rings is 3. The molecule has 2 N–H and O–H groups in total. The fourth-order valence-electron chi connectivity index (χ4n) is 3.58. The minimum Gasteiger partial charge on any atom is -0.490 e. The lowest BCUT2D eigenvalue weighted by atomic mass is 10.0. The Balaban J connectivity index is 1.67. The topological polar surface area (TPSA) is 115 Å². The Morgan fingerprint density at radius 3 is 2.31 bits per heavy atom. The molecule has 3 aromatic rings. The van der Waals surface area contributed by atoms with E-state index in [2.05, 4.69) is 38.4 Å². The second-order valence-corrected chi connectivity index (χ2v) is 9.32. The maximum atomic E-state index is 12.8. The maximum absolute atomic E-state index is 12.8. The van der Waals surface area contributed by atoms with E-state index in [9.17, 15) is 14.4 Å². The van der Waals surface area contributed by atoms with Crippen molar-refractivity contribution >= 4 is 46.6 Å². The van der Waals surface area contributed by atoms with Gasteiger partial charge in [0.05, 0.1) is 35.5 Å². The Bertz CT molecular complexity index is 1280. The van der Waals surface area contributed by atoms with Gasteiger partial charge in [-0.2, -0.15) is 5.10 Å². The Labute approximate surface area is 241 Å². The van der Waals surface area contributed by atoms with Gasteiger partial charge in [0.25, 0.3) is 5.91 Å². The van der Waals surface area contributed by atoms with Gasteiger partial charge in [-0.05, 0) is 71.8 Å². The Morgan fingerprint density at radius 1 is 0.949 bits per heavy atom. The van der Waals surface area contributed by atoms with Crippen molar-refractivity contribution < 1.29 is 28.6 Å². The van der Waals surface area contributed by atoms with Crippen LogP contribution in [0.1, 0.15) is 47.8 Å². The lowest BCUT2D eigenvalue weighted by Crippen LogP contribution is -2.32. The van der Waals surface area contributed by atoms with Crippen molar-refractivity contribution in [3.05, 3.63) is 93.1 Å². The summed E-state index contributed by atoms with van der Waals surface area (Å²) in [4.78, 5) is 37.2. The molecule has 0 aliphatic heterocycles. The summed E-state index contributed by atoms with van der Waals surface area (Å²) >= 11 is 2.08. The van der Waals surface area contributed by atoms with Crippen LogP contribution < -0.4 is 20.2 Å². The second-order valence-electron chi connectivity index (χ2n) is 8.16. The number of carbonyl (C=O) groups is 3. The summed E-state index contributed by atoms with van der Waals surface area (Å²) in [6.45, 7) is 3.98. The summed E-state index contributed by atoms with van der Waals surface area (Å²) in [7, 11) is 0. The molecule has 9 nitrogen and oxygen atoms in total. The third-order valence-electron chi connectivity index (χ3n) is 5.31. The number of ether oxygens (including phenoxy) is 3. The van der Waals surface area contributed by atoms with Crippen molar-refractivity contribution in [2.45, 2.75) is 26.3 Å². The molecule has 0 bridgehead atoms. The summed E-state index contributed by atoms with van der Waals surface area (Å²) in [6.07, 6.45) is 1.47. The highest BCUT2D eigenvalue weighted by atomic mass is 127. The molecular formula is C29H30IN3O6. The quantitative estimate of drug-likeness (QED) is 0.121. The molecule has 10 heteroatoms. The first-order valence-corrected chi connectivity index (χ1v) is 13.5. The lowest BCUT2D eigenvalue weighted by Gasteiger charge is -2.18. The van der Waals surface area contributed by atoms with Gasteiger partial charge in [-0.25, -0.2) is 10.2 Å². The summed E-state index contributed by atoms with van der Waals surface area (Å²) in [5, 5.41) is 7.02. The van der Waals surface area contributed by atoms with Crippen molar-refractivity contribution in [3.8, 4) is 11.5 Å². The third-order valence-corrected chi connectivity index (χ3v) is 6.11. The Morgan fingerprint density at radius 2 is 1.64 bits per heavy atom. The monoisotopic (exact) mass is 643 g/mol. The van der Waals surface area contributed by atoms with Gasteiger partial charge in [-0.15, -0.1) is 0 Å². The van der Waals surface area contributed by atoms with E-state index < -0.39 is 12.0 Å². The van der Waals surface area contributed by atoms with Gasteiger partial charge in [0.2, 0.25) is 5.91 Å². The number of hydrogen-bond donors (Lipinski definition) is 2. The normalized spacial score (nSPS) is 11.5. The largest absolute Gasteiger partial charge is 0.490 e. The molecular weight excluding hydrogens is 613 g/mol. The average molecular weight is 643 g/mol.